The fourth-order valence-corrected chi connectivity index (χ4v) is 8.12. The molecule has 218 valence electrons. The van der Waals surface area contributed by atoms with Gasteiger partial charge in [0, 0.05) is 17.5 Å². The number of carbonyl (C=O) groups is 3. The Kier molecular flexibility index (Phi) is 7.16. The van der Waals surface area contributed by atoms with E-state index in [2.05, 4.69) is 26.8 Å². The standard InChI is InChI=1S/C31H42N2O7/c1-13(2)17-12-18(15-8-6-14(3)7-9-15)25(34)22-19(17)10-16-11-20-24(33(4)5)27(36)23(30(32)39)29(38)31(20,40)28(37)21(16)26(22)35/h12-16,20,23-24,27,34-36,40H,6-11H2,1-5H3,(H2,32,39)/t14?,15?,16-,20-,23?,24-,27?,31-/m1/s1. The predicted molar refractivity (Wildman–Crippen MR) is 149 cm³/mol. The van der Waals surface area contributed by atoms with Crippen LogP contribution in [-0.2, 0) is 20.8 Å². The number of ketones is 2. The summed E-state index contributed by atoms with van der Waals surface area (Å²) in [6.45, 7) is 6.34. The van der Waals surface area contributed by atoms with Crippen molar-refractivity contribution in [1.82, 2.24) is 4.90 Å². The molecule has 40 heavy (non-hydrogen) atoms. The van der Waals surface area contributed by atoms with Crippen LogP contribution in [0.15, 0.2) is 11.6 Å². The number of amides is 1. The number of nitrogens with zero attached hydrogens (tertiary/aromatic N) is 1. The highest BCUT2D eigenvalue weighted by atomic mass is 16.3. The monoisotopic (exact) mass is 554 g/mol. The summed E-state index contributed by atoms with van der Waals surface area (Å²) in [5.41, 5.74) is 5.46. The van der Waals surface area contributed by atoms with Crippen molar-refractivity contribution in [2.75, 3.05) is 14.1 Å². The predicted octanol–water partition coefficient (Wildman–Crippen LogP) is 2.55. The number of aliphatic hydroxyl groups excluding tert-OH is 2. The number of hydrogen-bond donors (Lipinski definition) is 5. The van der Waals surface area contributed by atoms with Gasteiger partial charge in [-0.05, 0) is 80.1 Å². The summed E-state index contributed by atoms with van der Waals surface area (Å²) in [6, 6.07) is 1.16. The average Bonchev–Trinajstić information content (AvgIpc) is 2.86. The second-order valence-electron chi connectivity index (χ2n) is 13.2. The van der Waals surface area contributed by atoms with Gasteiger partial charge in [-0.2, -0.15) is 0 Å². The number of aliphatic hydroxyl groups is 3. The molecule has 3 fully saturated rings. The Bertz CT molecular complexity index is 1290. The molecule has 5 rings (SSSR count). The Labute approximate surface area is 235 Å². The second kappa shape index (κ2) is 9.96. The van der Waals surface area contributed by atoms with Gasteiger partial charge in [0.25, 0.3) is 0 Å². The van der Waals surface area contributed by atoms with Crippen LogP contribution in [0.5, 0.6) is 5.75 Å². The minimum Gasteiger partial charge on any atom is -0.507 e. The van der Waals surface area contributed by atoms with E-state index in [0.717, 1.165) is 42.4 Å². The number of nitrogens with two attached hydrogens (primary N) is 1. The minimum absolute atomic E-state index is 0.0455. The molecule has 0 heterocycles. The summed E-state index contributed by atoms with van der Waals surface area (Å²) in [5, 5.41) is 46.1. The van der Waals surface area contributed by atoms with E-state index in [0.29, 0.717) is 12.3 Å². The summed E-state index contributed by atoms with van der Waals surface area (Å²) in [4.78, 5) is 41.5. The Balaban J connectivity index is 1.68. The maximum atomic E-state index is 14.1. The third kappa shape index (κ3) is 4.03. The molecule has 0 spiro atoms. The number of aromatic hydroxyl groups is 1. The topological polar surface area (TPSA) is 161 Å². The van der Waals surface area contributed by atoms with Gasteiger partial charge in [-0.3, -0.25) is 14.4 Å². The summed E-state index contributed by atoms with van der Waals surface area (Å²) >= 11 is 0. The molecule has 3 saturated carbocycles. The molecule has 6 N–H and O–H groups in total. The van der Waals surface area contributed by atoms with E-state index in [1.165, 1.54) is 0 Å². The van der Waals surface area contributed by atoms with E-state index in [9.17, 15) is 34.8 Å². The lowest BCUT2D eigenvalue weighted by Crippen LogP contribution is -2.73. The third-order valence-corrected chi connectivity index (χ3v) is 10.2. The molecule has 0 aromatic heterocycles. The number of fused-ring (bicyclic) bond motifs is 3. The van der Waals surface area contributed by atoms with Crippen LogP contribution in [-0.4, -0.2) is 74.6 Å². The van der Waals surface area contributed by atoms with Crippen molar-refractivity contribution in [2.24, 2.45) is 29.4 Å². The summed E-state index contributed by atoms with van der Waals surface area (Å²) in [7, 11) is 3.29. The zero-order valence-corrected chi connectivity index (χ0v) is 24.0. The van der Waals surface area contributed by atoms with E-state index in [1.807, 2.05) is 0 Å². The van der Waals surface area contributed by atoms with E-state index >= 15 is 0 Å². The van der Waals surface area contributed by atoms with Gasteiger partial charge in [0.15, 0.2) is 11.4 Å². The normalized spacial score (nSPS) is 36.0. The SMILES string of the molecule is CC1CCC(c2cc(C(C)C)c3c(c2O)C(O)=C2C(=O)[C@@]4(O)C(=O)C(C(N)=O)C(O)[C@H](N(C)C)[C@H]4C[C@H]2C3)CC1. The van der Waals surface area contributed by atoms with E-state index < -0.39 is 58.7 Å². The van der Waals surface area contributed by atoms with Crippen molar-refractivity contribution >= 4 is 23.2 Å². The molecule has 0 aliphatic heterocycles. The number of phenolic OH excluding ortho intramolecular Hbond substituents is 1. The van der Waals surface area contributed by atoms with Gasteiger partial charge < -0.3 is 31.1 Å². The van der Waals surface area contributed by atoms with Gasteiger partial charge in [0.1, 0.15) is 17.4 Å². The molecule has 0 bridgehead atoms. The van der Waals surface area contributed by atoms with Crippen molar-refractivity contribution in [3.8, 4) is 5.75 Å². The molecule has 4 aliphatic carbocycles. The first-order chi connectivity index (χ1) is 18.7. The van der Waals surface area contributed by atoms with Crippen LogP contribution < -0.4 is 5.73 Å². The Morgan fingerprint density at radius 1 is 1.10 bits per heavy atom. The van der Waals surface area contributed by atoms with Gasteiger partial charge in [-0.1, -0.05) is 39.7 Å². The van der Waals surface area contributed by atoms with Crippen molar-refractivity contribution in [3.63, 3.8) is 0 Å². The summed E-state index contributed by atoms with van der Waals surface area (Å²) in [5.74, 6) is -6.19. The second-order valence-corrected chi connectivity index (χ2v) is 13.2. The van der Waals surface area contributed by atoms with Crippen molar-refractivity contribution in [3.05, 3.63) is 33.9 Å². The van der Waals surface area contributed by atoms with E-state index in [4.69, 9.17) is 5.73 Å². The minimum atomic E-state index is -2.64. The van der Waals surface area contributed by atoms with Crippen LogP contribution in [0.4, 0.5) is 0 Å². The molecule has 1 aromatic rings. The smallest absolute Gasteiger partial charge is 0.230 e. The first-order valence-electron chi connectivity index (χ1n) is 14.5. The third-order valence-electron chi connectivity index (χ3n) is 10.2. The van der Waals surface area contributed by atoms with Gasteiger partial charge in [-0.25, -0.2) is 0 Å². The van der Waals surface area contributed by atoms with E-state index in [-0.39, 0.29) is 35.1 Å². The molecule has 1 aromatic carbocycles. The van der Waals surface area contributed by atoms with Crippen molar-refractivity contribution < 1.29 is 34.8 Å². The van der Waals surface area contributed by atoms with Gasteiger partial charge in [0.05, 0.1) is 11.7 Å². The number of likely N-dealkylation sites (N-methyl/N-ethyl adjacent to an activating group) is 1. The van der Waals surface area contributed by atoms with Crippen LogP contribution in [0.2, 0.25) is 0 Å². The fourth-order valence-electron chi connectivity index (χ4n) is 8.12. The first kappa shape index (κ1) is 28.8. The highest BCUT2D eigenvalue weighted by Crippen LogP contribution is 2.54. The highest BCUT2D eigenvalue weighted by molar-refractivity contribution is 6.25. The number of carbonyl (C=O) groups excluding carboxylic acids is 3. The number of Topliss-reactive ketones (excluding diaryl/α,β-unsaturated/α-hetero) is 2. The molecule has 0 radical (unpaired) electrons. The zero-order valence-electron chi connectivity index (χ0n) is 24.0. The number of primary amides is 1. The van der Waals surface area contributed by atoms with Gasteiger partial charge in [0.2, 0.25) is 11.7 Å². The zero-order chi connectivity index (χ0) is 29.4. The van der Waals surface area contributed by atoms with E-state index in [1.54, 1.807) is 19.0 Å². The van der Waals surface area contributed by atoms with Crippen LogP contribution in [0, 0.1) is 23.7 Å². The quantitative estimate of drug-likeness (QED) is 0.355. The molecular weight excluding hydrogens is 512 g/mol. The highest BCUT2D eigenvalue weighted by Gasteiger charge is 2.67. The molecule has 6 atom stereocenters. The van der Waals surface area contributed by atoms with Crippen molar-refractivity contribution in [2.45, 2.75) is 88.9 Å². The number of benzene rings is 1. The van der Waals surface area contributed by atoms with Crippen LogP contribution >= 0.6 is 0 Å². The maximum Gasteiger partial charge on any atom is 0.230 e. The summed E-state index contributed by atoms with van der Waals surface area (Å²) in [6.07, 6.45) is 2.89. The molecule has 9 nitrogen and oxygen atoms in total. The van der Waals surface area contributed by atoms with Gasteiger partial charge in [-0.15, -0.1) is 0 Å². The molecular formula is C31H42N2O7. The molecule has 4 aliphatic rings. The first-order valence-corrected chi connectivity index (χ1v) is 14.5. The fraction of sp³-hybridized carbons (Fsp3) is 0.645. The lowest BCUT2D eigenvalue weighted by molar-refractivity contribution is -0.184. The molecule has 0 saturated heterocycles. The molecule has 9 heteroatoms. The Hall–Kier alpha value is -2.75. The lowest BCUT2D eigenvalue weighted by atomic mass is 9.54. The largest absolute Gasteiger partial charge is 0.507 e. The van der Waals surface area contributed by atoms with Crippen LogP contribution in [0.3, 0.4) is 0 Å². The van der Waals surface area contributed by atoms with Gasteiger partial charge >= 0.3 is 0 Å². The Morgan fingerprint density at radius 3 is 2.27 bits per heavy atom. The average molecular weight is 555 g/mol. The number of phenols is 1. The summed E-state index contributed by atoms with van der Waals surface area (Å²) < 4.78 is 0. The Morgan fingerprint density at radius 2 is 1.73 bits per heavy atom. The number of hydrogen-bond acceptors (Lipinski definition) is 8. The van der Waals surface area contributed by atoms with Crippen molar-refractivity contribution in [1.29, 1.82) is 0 Å². The molecule has 1 amide bonds. The maximum absolute atomic E-state index is 14.1. The van der Waals surface area contributed by atoms with Crippen LogP contribution in [0.25, 0.3) is 5.76 Å². The molecule has 2 unspecified atom stereocenters. The van der Waals surface area contributed by atoms with Crippen LogP contribution in [0.1, 0.15) is 87.0 Å². The lowest BCUT2D eigenvalue weighted by Gasteiger charge is -2.53. The number of rotatable bonds is 4.